The number of hydrogen-bond acceptors (Lipinski definition) is 5. The fourth-order valence-corrected chi connectivity index (χ4v) is 4.65. The number of benzene rings is 2. The Morgan fingerprint density at radius 2 is 2.03 bits per heavy atom. The van der Waals surface area contributed by atoms with Crippen LogP contribution in [0.25, 0.3) is 0 Å². The summed E-state index contributed by atoms with van der Waals surface area (Å²) >= 11 is 1.37. The number of nitrogens with zero attached hydrogens (tertiary/aromatic N) is 3. The minimum absolute atomic E-state index is 0.374. The Kier molecular flexibility index (Phi) is 6.56. The number of rotatable bonds is 6. The molecular formula is C21H25FN4O2S. The number of carbonyl (C=O) groups is 1. The number of carbonyl (C=O) groups excluding carboxylic acids is 1. The van der Waals surface area contributed by atoms with Gasteiger partial charge in [0.15, 0.2) is 0 Å². The van der Waals surface area contributed by atoms with Gasteiger partial charge in [-0.15, -0.1) is 0 Å². The summed E-state index contributed by atoms with van der Waals surface area (Å²) in [5.74, 6) is -0.378. The molecule has 1 heterocycles. The number of halogens is 1. The number of hydrogen-bond donors (Lipinski definition) is 1. The summed E-state index contributed by atoms with van der Waals surface area (Å²) in [6, 6.07) is 14.1. The van der Waals surface area contributed by atoms with Crippen molar-refractivity contribution in [3.8, 4) is 0 Å². The summed E-state index contributed by atoms with van der Waals surface area (Å²) in [5, 5.41) is 7.52. The molecule has 2 aromatic rings. The van der Waals surface area contributed by atoms with Gasteiger partial charge in [0.2, 0.25) is 0 Å². The Balaban J connectivity index is 2.15. The molecule has 0 aromatic heterocycles. The van der Waals surface area contributed by atoms with Crippen LogP contribution in [0.3, 0.4) is 0 Å². The van der Waals surface area contributed by atoms with Gasteiger partial charge in [-0.1, -0.05) is 53.7 Å². The molecule has 0 bridgehead atoms. The molecular weight excluding hydrogens is 391 g/mol. The first-order valence-electron chi connectivity index (χ1n) is 9.34. The Bertz CT molecular complexity index is 909. The molecule has 0 aliphatic carbocycles. The predicted octanol–water partition coefficient (Wildman–Crippen LogP) is 4.05. The first kappa shape index (κ1) is 21.3. The maximum atomic E-state index is 14.6. The van der Waals surface area contributed by atoms with Crippen LogP contribution >= 0.6 is 11.8 Å². The number of nitrogens with two attached hydrogens (primary N) is 1. The molecule has 0 fully saturated rings. The Labute approximate surface area is 174 Å². The SMILES string of the molecule is CON(C)C(=O)N1N=C(c2cc(C)ccc2F)SC1(CCCN)c1ccccc1. The third-order valence-electron chi connectivity index (χ3n) is 4.82. The zero-order valence-electron chi connectivity index (χ0n) is 16.8. The summed E-state index contributed by atoms with van der Waals surface area (Å²) in [7, 11) is 2.93. The molecule has 3 rings (SSSR count). The molecule has 154 valence electrons. The van der Waals surface area contributed by atoms with Gasteiger partial charge in [0.25, 0.3) is 0 Å². The van der Waals surface area contributed by atoms with Gasteiger partial charge < -0.3 is 5.73 Å². The Morgan fingerprint density at radius 3 is 2.69 bits per heavy atom. The lowest BCUT2D eigenvalue weighted by Gasteiger charge is -2.37. The van der Waals surface area contributed by atoms with Crippen molar-refractivity contribution in [1.29, 1.82) is 0 Å². The van der Waals surface area contributed by atoms with Crippen molar-refractivity contribution >= 4 is 22.8 Å². The van der Waals surface area contributed by atoms with E-state index in [1.54, 1.807) is 12.1 Å². The standard InChI is InChI=1S/C21H25FN4O2S/c1-15-10-11-18(22)17(14-15)19-24-26(20(27)25(2)28-3)21(29-19,12-7-13-23)16-8-5-4-6-9-16/h4-6,8-11,14H,7,12-13,23H2,1-3H3. The van der Waals surface area contributed by atoms with Gasteiger partial charge in [-0.25, -0.2) is 14.2 Å². The van der Waals surface area contributed by atoms with Gasteiger partial charge in [-0.2, -0.15) is 10.1 Å². The minimum Gasteiger partial charge on any atom is -0.330 e. The first-order chi connectivity index (χ1) is 13.9. The number of hydroxylamine groups is 2. The molecule has 1 aliphatic heterocycles. The monoisotopic (exact) mass is 416 g/mol. The molecule has 0 radical (unpaired) electrons. The quantitative estimate of drug-likeness (QED) is 0.721. The third kappa shape index (κ3) is 4.14. The van der Waals surface area contributed by atoms with Crippen molar-refractivity contribution in [2.45, 2.75) is 24.6 Å². The second-order valence-electron chi connectivity index (χ2n) is 6.81. The summed E-state index contributed by atoms with van der Waals surface area (Å²) < 4.78 is 14.6. The number of urea groups is 1. The first-order valence-corrected chi connectivity index (χ1v) is 10.2. The zero-order chi connectivity index (χ0) is 21.0. The van der Waals surface area contributed by atoms with Gasteiger partial charge in [-0.05, 0) is 44.0 Å². The fourth-order valence-electron chi connectivity index (χ4n) is 3.24. The van der Waals surface area contributed by atoms with Crippen LogP contribution in [0.1, 0.15) is 29.5 Å². The van der Waals surface area contributed by atoms with Crippen molar-refractivity contribution < 1.29 is 14.0 Å². The van der Waals surface area contributed by atoms with Gasteiger partial charge in [0.1, 0.15) is 15.7 Å². The second kappa shape index (κ2) is 8.94. The van der Waals surface area contributed by atoms with E-state index < -0.39 is 10.9 Å². The van der Waals surface area contributed by atoms with Gasteiger partial charge in [0, 0.05) is 12.6 Å². The van der Waals surface area contributed by atoms with Gasteiger partial charge in [-0.3, -0.25) is 4.84 Å². The number of hydrazone groups is 1. The molecule has 0 spiro atoms. The lowest BCUT2D eigenvalue weighted by molar-refractivity contribution is -0.0805. The Morgan fingerprint density at radius 1 is 1.31 bits per heavy atom. The topological polar surface area (TPSA) is 71.2 Å². The molecule has 2 amide bonds. The highest BCUT2D eigenvalue weighted by Gasteiger charge is 2.49. The number of thioether (sulfide) groups is 1. The molecule has 2 N–H and O–H groups in total. The highest BCUT2D eigenvalue weighted by molar-refractivity contribution is 8.15. The van der Waals surface area contributed by atoms with Crippen LogP contribution in [0, 0.1) is 12.7 Å². The lowest BCUT2D eigenvalue weighted by atomic mass is 10.0. The summed E-state index contributed by atoms with van der Waals surface area (Å²) in [5.41, 5.74) is 7.97. The molecule has 29 heavy (non-hydrogen) atoms. The van der Waals surface area contributed by atoms with E-state index in [2.05, 4.69) is 5.10 Å². The summed E-state index contributed by atoms with van der Waals surface area (Å²) in [6.07, 6.45) is 1.23. The minimum atomic E-state index is -0.851. The third-order valence-corrected chi connectivity index (χ3v) is 6.27. The molecule has 6 nitrogen and oxygen atoms in total. The Hall–Kier alpha value is -2.42. The highest BCUT2D eigenvalue weighted by atomic mass is 32.2. The van der Waals surface area contributed by atoms with E-state index in [0.29, 0.717) is 30.0 Å². The van der Waals surface area contributed by atoms with E-state index in [0.717, 1.165) is 16.2 Å². The van der Waals surface area contributed by atoms with Crippen molar-refractivity contribution in [2.24, 2.45) is 10.8 Å². The zero-order valence-corrected chi connectivity index (χ0v) is 17.6. The molecule has 1 unspecified atom stereocenters. The smallest absolute Gasteiger partial charge is 0.330 e. The summed E-state index contributed by atoms with van der Waals surface area (Å²) in [6.45, 7) is 2.36. The molecule has 2 aromatic carbocycles. The van der Waals surface area contributed by atoms with Crippen molar-refractivity contribution in [2.75, 3.05) is 20.7 Å². The van der Waals surface area contributed by atoms with Crippen molar-refractivity contribution in [1.82, 2.24) is 10.1 Å². The molecule has 1 atom stereocenters. The maximum absolute atomic E-state index is 14.6. The van der Waals surface area contributed by atoms with Crippen LogP contribution in [0.2, 0.25) is 0 Å². The molecule has 0 saturated heterocycles. The average molecular weight is 417 g/mol. The average Bonchev–Trinajstić information content (AvgIpc) is 3.14. The van der Waals surface area contributed by atoms with E-state index in [-0.39, 0.29) is 5.82 Å². The largest absolute Gasteiger partial charge is 0.365 e. The highest BCUT2D eigenvalue weighted by Crippen LogP contribution is 2.50. The van der Waals surface area contributed by atoms with Crippen LogP contribution in [-0.2, 0) is 9.71 Å². The molecule has 8 heteroatoms. The molecule has 0 saturated carbocycles. The van der Waals surface area contributed by atoms with Crippen LogP contribution in [0.5, 0.6) is 0 Å². The fraction of sp³-hybridized carbons (Fsp3) is 0.333. The van der Waals surface area contributed by atoms with Gasteiger partial charge in [0.05, 0.1) is 7.11 Å². The van der Waals surface area contributed by atoms with Crippen LogP contribution < -0.4 is 5.73 Å². The van der Waals surface area contributed by atoms with Crippen LogP contribution in [-0.4, -0.2) is 41.8 Å². The van der Waals surface area contributed by atoms with Crippen LogP contribution in [0.4, 0.5) is 9.18 Å². The second-order valence-corrected chi connectivity index (χ2v) is 8.07. The lowest BCUT2D eigenvalue weighted by Crippen LogP contribution is -2.47. The van der Waals surface area contributed by atoms with E-state index in [9.17, 15) is 9.18 Å². The predicted molar refractivity (Wildman–Crippen MR) is 114 cm³/mol. The van der Waals surface area contributed by atoms with Crippen molar-refractivity contribution in [3.63, 3.8) is 0 Å². The summed E-state index contributed by atoms with van der Waals surface area (Å²) in [4.78, 5) is 17.4. The molecule has 1 aliphatic rings. The number of aryl methyl sites for hydroxylation is 1. The normalized spacial score (nSPS) is 18.7. The van der Waals surface area contributed by atoms with E-state index >= 15 is 0 Å². The number of amides is 2. The van der Waals surface area contributed by atoms with Crippen molar-refractivity contribution in [3.05, 3.63) is 71.0 Å². The maximum Gasteiger partial charge on any atom is 0.365 e. The van der Waals surface area contributed by atoms with E-state index in [1.165, 1.54) is 37.0 Å². The van der Waals surface area contributed by atoms with E-state index in [1.807, 2.05) is 37.3 Å². The van der Waals surface area contributed by atoms with E-state index in [4.69, 9.17) is 10.6 Å². The van der Waals surface area contributed by atoms with Gasteiger partial charge >= 0.3 is 6.03 Å². The van der Waals surface area contributed by atoms with Crippen LogP contribution in [0.15, 0.2) is 53.6 Å².